The first-order valence-electron chi connectivity index (χ1n) is 6.27. The lowest BCUT2D eigenvalue weighted by Crippen LogP contribution is -2.23. The van der Waals surface area contributed by atoms with Gasteiger partial charge in [0, 0.05) is 35.0 Å². The zero-order valence-corrected chi connectivity index (χ0v) is 12.7. The Morgan fingerprint density at radius 1 is 1.55 bits per heavy atom. The third-order valence-electron chi connectivity index (χ3n) is 2.57. The molecular weight excluding hydrogens is 294 g/mol. The number of halogens is 1. The Morgan fingerprint density at radius 2 is 2.35 bits per heavy atom. The number of benzene rings is 1. The van der Waals surface area contributed by atoms with E-state index in [2.05, 4.69) is 10.3 Å². The van der Waals surface area contributed by atoms with E-state index in [0.717, 1.165) is 21.9 Å². The van der Waals surface area contributed by atoms with E-state index in [4.69, 9.17) is 17.3 Å². The van der Waals surface area contributed by atoms with Gasteiger partial charge in [-0.25, -0.2) is 4.98 Å². The first kappa shape index (κ1) is 15.0. The number of anilines is 1. The van der Waals surface area contributed by atoms with Crippen molar-refractivity contribution in [3.63, 3.8) is 0 Å². The molecule has 1 unspecified atom stereocenters. The molecule has 0 aliphatic heterocycles. The van der Waals surface area contributed by atoms with Gasteiger partial charge < -0.3 is 11.1 Å². The summed E-state index contributed by atoms with van der Waals surface area (Å²) in [6.07, 6.45) is 2.82. The molecule has 0 fully saturated rings. The highest BCUT2D eigenvalue weighted by atomic mass is 35.5. The Balaban J connectivity index is 1.97. The molecule has 1 heterocycles. The first-order valence-corrected chi connectivity index (χ1v) is 7.47. The number of rotatable bonds is 5. The number of nitrogens with zero attached hydrogens (tertiary/aromatic N) is 1. The molecule has 0 radical (unpaired) electrons. The summed E-state index contributed by atoms with van der Waals surface area (Å²) in [6, 6.07) is 7.55. The lowest BCUT2D eigenvalue weighted by Gasteiger charge is -2.03. The van der Waals surface area contributed by atoms with Crippen LogP contribution in [0, 0.1) is 0 Å². The Morgan fingerprint density at radius 3 is 3.05 bits per heavy atom. The number of nitrogens with one attached hydrogen (secondary N) is 1. The first-order chi connectivity index (χ1) is 9.52. The summed E-state index contributed by atoms with van der Waals surface area (Å²) in [5, 5.41) is 4.08. The average Bonchev–Trinajstić information content (AvgIpc) is 2.75. The molecule has 0 aliphatic carbocycles. The summed E-state index contributed by atoms with van der Waals surface area (Å²) < 4.78 is 0. The number of amides is 1. The van der Waals surface area contributed by atoms with Crippen molar-refractivity contribution in [2.75, 3.05) is 5.32 Å². The molecule has 106 valence electrons. The minimum absolute atomic E-state index is 0.108. The highest BCUT2D eigenvalue weighted by molar-refractivity contribution is 7.15. The number of carbonyl (C=O) groups is 1. The van der Waals surface area contributed by atoms with Crippen LogP contribution in [-0.2, 0) is 11.2 Å². The molecule has 20 heavy (non-hydrogen) atoms. The predicted octanol–water partition coefficient (Wildman–Crippen LogP) is 3.06. The Labute approximate surface area is 127 Å². The van der Waals surface area contributed by atoms with Crippen LogP contribution in [0.5, 0.6) is 0 Å². The molecule has 0 bridgehead atoms. The van der Waals surface area contributed by atoms with E-state index < -0.39 is 0 Å². The largest absolute Gasteiger partial charge is 0.327 e. The van der Waals surface area contributed by atoms with Gasteiger partial charge in [0.25, 0.3) is 0 Å². The van der Waals surface area contributed by atoms with Crippen molar-refractivity contribution in [2.45, 2.75) is 25.8 Å². The Bertz CT molecular complexity index is 598. The molecule has 1 amide bonds. The summed E-state index contributed by atoms with van der Waals surface area (Å²) in [5.74, 6) is -0.108. The molecule has 4 nitrogen and oxygen atoms in total. The fraction of sp³-hybridized carbons (Fsp3) is 0.286. The third-order valence-corrected chi connectivity index (χ3v) is 3.72. The summed E-state index contributed by atoms with van der Waals surface area (Å²) in [4.78, 5) is 16.9. The summed E-state index contributed by atoms with van der Waals surface area (Å²) in [7, 11) is 0. The average molecular weight is 310 g/mol. The van der Waals surface area contributed by atoms with E-state index in [1.807, 2.05) is 24.3 Å². The summed E-state index contributed by atoms with van der Waals surface area (Å²) >= 11 is 7.41. The number of carbonyl (C=O) groups excluding carboxylic acids is 1. The van der Waals surface area contributed by atoms with Gasteiger partial charge >= 0.3 is 0 Å². The van der Waals surface area contributed by atoms with Crippen LogP contribution in [0.1, 0.15) is 23.8 Å². The molecule has 0 spiro atoms. The normalized spacial score (nSPS) is 12.2. The van der Waals surface area contributed by atoms with Gasteiger partial charge in [-0.15, -0.1) is 11.3 Å². The molecule has 0 saturated heterocycles. The number of nitrogens with two attached hydrogens (primary N) is 1. The topological polar surface area (TPSA) is 68.0 Å². The lowest BCUT2D eigenvalue weighted by molar-refractivity contribution is -0.116. The molecule has 1 atom stereocenters. The second-order valence-electron chi connectivity index (χ2n) is 4.67. The van der Waals surface area contributed by atoms with Crippen molar-refractivity contribution in [3.8, 4) is 0 Å². The van der Waals surface area contributed by atoms with Gasteiger partial charge in [-0.05, 0) is 24.6 Å². The van der Waals surface area contributed by atoms with Crippen LogP contribution < -0.4 is 11.1 Å². The second kappa shape index (κ2) is 6.83. The predicted molar refractivity (Wildman–Crippen MR) is 83.3 cm³/mol. The number of hydrogen-bond acceptors (Lipinski definition) is 4. The van der Waals surface area contributed by atoms with Crippen molar-refractivity contribution in [1.82, 2.24) is 4.98 Å². The van der Waals surface area contributed by atoms with Gasteiger partial charge in [-0.3, -0.25) is 4.79 Å². The smallest absolute Gasteiger partial charge is 0.227 e. The monoisotopic (exact) mass is 309 g/mol. The molecular formula is C14H16ClN3OS. The zero-order chi connectivity index (χ0) is 14.5. The molecule has 6 heteroatoms. The highest BCUT2D eigenvalue weighted by Gasteiger charge is 2.09. The van der Waals surface area contributed by atoms with Gasteiger partial charge in [-0.2, -0.15) is 0 Å². The van der Waals surface area contributed by atoms with Crippen molar-refractivity contribution in [3.05, 3.63) is 45.9 Å². The molecule has 1 aromatic heterocycles. The van der Waals surface area contributed by atoms with E-state index in [0.29, 0.717) is 11.6 Å². The quantitative estimate of drug-likeness (QED) is 0.892. The second-order valence-corrected chi connectivity index (χ2v) is 6.22. The van der Waals surface area contributed by atoms with Crippen molar-refractivity contribution in [2.24, 2.45) is 5.73 Å². The molecule has 2 aromatic rings. The van der Waals surface area contributed by atoms with Crippen molar-refractivity contribution >= 4 is 34.0 Å². The van der Waals surface area contributed by atoms with E-state index in [-0.39, 0.29) is 11.9 Å². The maximum Gasteiger partial charge on any atom is 0.227 e. The Hall–Kier alpha value is -1.43. The van der Waals surface area contributed by atoms with Crippen LogP contribution in [0.2, 0.25) is 5.02 Å². The van der Waals surface area contributed by atoms with Gasteiger partial charge in [0.05, 0.1) is 0 Å². The minimum Gasteiger partial charge on any atom is -0.327 e. The van der Waals surface area contributed by atoms with Gasteiger partial charge in [0.15, 0.2) is 5.13 Å². The highest BCUT2D eigenvalue weighted by Crippen LogP contribution is 2.22. The standard InChI is InChI=1S/C14H16ClN3OS/c1-9(16)5-13(19)18-14-17-8-12(20-14)7-10-3-2-4-11(15)6-10/h2-4,6,8-9H,5,7,16H2,1H3,(H,17,18,19). The zero-order valence-electron chi connectivity index (χ0n) is 11.1. The van der Waals surface area contributed by atoms with Crippen molar-refractivity contribution < 1.29 is 4.79 Å². The van der Waals surface area contributed by atoms with Gasteiger partial charge in [0.2, 0.25) is 5.91 Å². The van der Waals surface area contributed by atoms with E-state index >= 15 is 0 Å². The molecule has 1 aromatic carbocycles. The van der Waals surface area contributed by atoms with Crippen LogP contribution in [-0.4, -0.2) is 16.9 Å². The van der Waals surface area contributed by atoms with Crippen molar-refractivity contribution in [1.29, 1.82) is 0 Å². The fourth-order valence-electron chi connectivity index (χ4n) is 1.76. The molecule has 3 N–H and O–H groups in total. The molecule has 2 rings (SSSR count). The summed E-state index contributed by atoms with van der Waals surface area (Å²) in [5.41, 5.74) is 6.70. The molecule has 0 saturated carbocycles. The summed E-state index contributed by atoms with van der Waals surface area (Å²) in [6.45, 7) is 1.80. The maximum atomic E-state index is 11.6. The number of thiazole rings is 1. The van der Waals surface area contributed by atoms with Gasteiger partial charge in [-0.1, -0.05) is 23.7 Å². The van der Waals surface area contributed by atoms with Crippen LogP contribution in [0.15, 0.2) is 30.5 Å². The number of hydrogen-bond donors (Lipinski definition) is 2. The van der Waals surface area contributed by atoms with Crippen LogP contribution in [0.25, 0.3) is 0 Å². The van der Waals surface area contributed by atoms with E-state index in [1.165, 1.54) is 11.3 Å². The number of aromatic nitrogens is 1. The maximum absolute atomic E-state index is 11.6. The van der Waals surface area contributed by atoms with Gasteiger partial charge in [0.1, 0.15) is 0 Å². The lowest BCUT2D eigenvalue weighted by atomic mass is 10.1. The fourth-order valence-corrected chi connectivity index (χ4v) is 2.83. The Kier molecular flexibility index (Phi) is 5.11. The van der Waals surface area contributed by atoms with Crippen LogP contribution >= 0.6 is 22.9 Å². The molecule has 0 aliphatic rings. The van der Waals surface area contributed by atoms with E-state index in [1.54, 1.807) is 13.1 Å². The third kappa shape index (κ3) is 4.59. The van der Waals surface area contributed by atoms with E-state index in [9.17, 15) is 4.79 Å². The SMILES string of the molecule is CC(N)CC(=O)Nc1ncc(Cc2cccc(Cl)c2)s1. The minimum atomic E-state index is -0.152. The van der Waals surface area contributed by atoms with Crippen LogP contribution in [0.3, 0.4) is 0 Å². The van der Waals surface area contributed by atoms with Crippen LogP contribution in [0.4, 0.5) is 5.13 Å².